The van der Waals surface area contributed by atoms with Crippen LogP contribution in [0.2, 0.25) is 5.15 Å². The number of unbranched alkanes of at least 4 members (excludes halogenated alkanes) is 3. The second-order valence-electron chi connectivity index (χ2n) is 26.0. The van der Waals surface area contributed by atoms with Crippen LogP contribution in [0.3, 0.4) is 0 Å². The summed E-state index contributed by atoms with van der Waals surface area (Å²) < 4.78 is 16.7. The number of nitrogens with zero attached hydrogens (tertiary/aromatic N) is 8. The molecule has 0 radical (unpaired) electrons. The molecule has 0 bridgehead atoms. The average Bonchev–Trinajstić information content (AvgIpc) is 0.813. The van der Waals surface area contributed by atoms with E-state index in [4.69, 9.17) is 61.9 Å². The van der Waals surface area contributed by atoms with Crippen LogP contribution in [0, 0.1) is 33.9 Å². The second-order valence-corrected chi connectivity index (χ2v) is 29.3. The second kappa shape index (κ2) is 47.1. The molecule has 0 aliphatic heterocycles. The van der Waals surface area contributed by atoms with E-state index in [-0.39, 0.29) is 74.7 Å². The molecule has 6 aromatic rings. The first-order valence-electron chi connectivity index (χ1n) is 33.8. The van der Waals surface area contributed by atoms with Crippen LogP contribution >= 0.6 is 46.9 Å². The number of aliphatic carboxylic acids is 1. The van der Waals surface area contributed by atoms with Gasteiger partial charge in [0.25, 0.3) is 11.1 Å². The van der Waals surface area contributed by atoms with Crippen LogP contribution in [0.5, 0.6) is 17.2 Å². The molecule has 100 heavy (non-hydrogen) atoms. The predicted molar refractivity (Wildman–Crippen MR) is 418 cm³/mol. The molecule has 25 heteroatoms. The molecule has 3 atom stereocenters. The van der Waals surface area contributed by atoms with Gasteiger partial charge in [0.2, 0.25) is 17.8 Å². The van der Waals surface area contributed by atoms with E-state index in [1.54, 1.807) is 35.2 Å². The fourth-order valence-corrected chi connectivity index (χ4v) is 12.5. The van der Waals surface area contributed by atoms with E-state index in [1.165, 1.54) is 37.9 Å². The van der Waals surface area contributed by atoms with Gasteiger partial charge >= 0.3 is 57.4 Å². The molecule has 12 N–H and O–H groups in total. The monoisotopic (exact) mass is 1480 g/mol. The summed E-state index contributed by atoms with van der Waals surface area (Å²) in [6.45, 7) is 38.3. The number of nitrogens with one attached hydrogen (secondary N) is 2. The molecule has 0 aliphatic rings. The molecule has 3 heterocycles. The maximum absolute atomic E-state index is 11.8. The standard InChI is InChI=1S/C25H37N5OS.C25H38N4O3S.C17H19ClN4O.C8H19NS.K.H2O/c1-8-9-10-20(13-14-32-7)29-23-21(17(2)28-24(26)30-23)16-18-15-19(25(3,4)27-5)11-12-22(18)31-6;1-7-8-9-19(12-13-33-6)28-22-20(16(2)27-24(26)29-22)15-17-14-18(10-11-21(17)32-5)25(3,4)23(30)31;1-10-13(15(18)22-16(19)21-10)9-11-8-12(17(2,3)20-4)6-7-14(11)23-5;1-3-4-5-8(9)6-7-10-2;;/h11-12,15,20H,8-10,13-14,16H2,1-4,6-7H3,(H3,26,28,29,30);10-11,14,19H,7-9,12-13,15H2,1-6H3,(H,30,31)(H3,26,27,28,29);6-8H,9H2,1-3,5H3,(H2,19,21,22);8H,3-7,9H2,1-2H3;;1H2/q;;;;+1;/p-1/t20-;19-;;8-;;/m00.0../s1. The van der Waals surface area contributed by atoms with Crippen LogP contribution < -0.4 is 99.2 Å². The zero-order valence-electron chi connectivity index (χ0n) is 63.2. The topological polar surface area (TPSA) is 309 Å². The molecular weight excluding hydrogens is 1360 g/mol. The Morgan fingerprint density at radius 3 is 1.22 bits per heavy atom. The number of nitrogens with two attached hydrogens (primary N) is 4. The van der Waals surface area contributed by atoms with Crippen molar-refractivity contribution in [2.75, 3.05) is 85.2 Å². The zero-order valence-corrected chi connectivity index (χ0v) is 69.5. The van der Waals surface area contributed by atoms with Gasteiger partial charge in [-0.2, -0.15) is 45.3 Å². The molecule has 0 fully saturated rings. The van der Waals surface area contributed by atoms with Crippen LogP contribution in [0.4, 0.5) is 29.5 Å². The number of thioether (sulfide) groups is 3. The van der Waals surface area contributed by atoms with Gasteiger partial charge in [0.1, 0.15) is 34.0 Å². The summed E-state index contributed by atoms with van der Waals surface area (Å²) >= 11 is 11.8. The van der Waals surface area contributed by atoms with Crippen molar-refractivity contribution in [3.8, 4) is 17.2 Å². The molecule has 6 rings (SSSR count). The van der Waals surface area contributed by atoms with Gasteiger partial charge in [0.05, 0.1) is 26.7 Å². The number of carboxylic acid groups (broad SMARTS) is 1. The molecule has 546 valence electrons. The number of halogens is 1. The maximum atomic E-state index is 11.8. The number of nitrogen functional groups attached to an aromatic ring is 3. The Morgan fingerprint density at radius 2 is 0.880 bits per heavy atom. The number of aryl methyl sites for hydroxylation is 3. The Kier molecular flexibility index (Phi) is 43.6. The van der Waals surface area contributed by atoms with Gasteiger partial charge in [0, 0.05) is 110 Å². The Morgan fingerprint density at radius 1 is 0.550 bits per heavy atom. The third kappa shape index (κ3) is 29.8. The van der Waals surface area contributed by atoms with Crippen molar-refractivity contribution in [3.63, 3.8) is 0 Å². The average molecular weight is 1480 g/mol. The molecule has 20 nitrogen and oxygen atoms in total. The van der Waals surface area contributed by atoms with Crippen LogP contribution in [0.25, 0.3) is 9.69 Å². The zero-order chi connectivity index (χ0) is 73.3. The van der Waals surface area contributed by atoms with E-state index in [9.17, 15) is 9.90 Å². The summed E-state index contributed by atoms with van der Waals surface area (Å²) in [5, 5.41) is 17.3. The van der Waals surface area contributed by atoms with Crippen LogP contribution in [-0.2, 0) is 40.5 Å². The van der Waals surface area contributed by atoms with Crippen molar-refractivity contribution in [1.29, 1.82) is 0 Å². The fraction of sp³-hybridized carbons (Fsp3) is 0.560. The van der Waals surface area contributed by atoms with Gasteiger partial charge in [-0.1, -0.05) is 83.0 Å². The van der Waals surface area contributed by atoms with E-state index in [0.717, 1.165) is 147 Å². The van der Waals surface area contributed by atoms with Gasteiger partial charge in [-0.3, -0.25) is 4.79 Å². The Hall–Kier alpha value is -5.35. The smallest absolute Gasteiger partial charge is 0.870 e. The molecule has 3 aromatic heterocycles. The maximum Gasteiger partial charge on any atom is 1.00 e. The minimum Gasteiger partial charge on any atom is -0.870 e. The van der Waals surface area contributed by atoms with Crippen molar-refractivity contribution in [3.05, 3.63) is 150 Å². The van der Waals surface area contributed by atoms with E-state index < -0.39 is 22.5 Å². The summed E-state index contributed by atoms with van der Waals surface area (Å²) in [5.41, 5.74) is 31.9. The first kappa shape index (κ1) is 92.7. The number of anilines is 5. The minimum absolute atomic E-state index is 0. The molecular formula is C75H114ClKN14O6S3. The first-order valence-corrected chi connectivity index (χ1v) is 38.4. The van der Waals surface area contributed by atoms with Crippen LogP contribution in [-0.4, -0.2) is 122 Å². The van der Waals surface area contributed by atoms with Crippen molar-refractivity contribution >= 4 is 82.3 Å². The number of ether oxygens (including phenoxy) is 3. The predicted octanol–water partition coefficient (Wildman–Crippen LogP) is 13.8. The number of benzene rings is 3. The van der Waals surface area contributed by atoms with E-state index in [1.807, 2.05) is 132 Å². The van der Waals surface area contributed by atoms with E-state index >= 15 is 0 Å². The van der Waals surface area contributed by atoms with Gasteiger partial charge < -0.3 is 68.1 Å². The molecule has 0 amide bonds. The summed E-state index contributed by atoms with van der Waals surface area (Å²) in [4.78, 5) is 45.5. The summed E-state index contributed by atoms with van der Waals surface area (Å²) in [7, 11) is 4.91. The fourth-order valence-electron chi connectivity index (χ4n) is 10.7. The normalized spacial score (nSPS) is 11.9. The Bertz CT molecular complexity index is 3510. The number of hydrogen-bond donors (Lipinski definition) is 7. The number of hydrogen-bond acceptors (Lipinski definition) is 20. The van der Waals surface area contributed by atoms with Gasteiger partial charge in [-0.05, 0) is 174 Å². The molecule has 0 unspecified atom stereocenters. The first-order chi connectivity index (χ1) is 46.5. The largest absolute Gasteiger partial charge is 1.00 e. The van der Waals surface area contributed by atoms with Gasteiger partial charge in [0.15, 0.2) is 0 Å². The van der Waals surface area contributed by atoms with Crippen molar-refractivity contribution in [1.82, 2.24) is 29.9 Å². The SMILES string of the molecule is CCCC[C@@H](CCSC)Nc1nc(N)nc(C)c1Cc1cc(C(C)(C)C(=O)O)ccc1OC.CCCC[C@H](N)CCSC.[C-]#[N+]C(C)(C)c1ccc(OC)c(Cc2c(C)nc(N)nc2Cl)c1.[C-]#[N+]C(C)(C)c1ccc(OC)c(Cc2c(C)nc(N)nc2N[C@@H](CCCC)CCSC)c1.[K+].[OH-]. The number of methoxy groups -OCH3 is 3. The number of carbonyl (C=O) groups is 1. The number of rotatable bonds is 35. The van der Waals surface area contributed by atoms with Gasteiger partial charge in [-0.25, -0.2) is 33.1 Å². The molecule has 0 spiro atoms. The van der Waals surface area contributed by atoms with Gasteiger partial charge in [-0.15, -0.1) is 0 Å². The molecule has 0 saturated carbocycles. The third-order valence-corrected chi connectivity index (χ3v) is 19.5. The van der Waals surface area contributed by atoms with Crippen LogP contribution in [0.15, 0.2) is 54.6 Å². The van der Waals surface area contributed by atoms with E-state index in [0.29, 0.717) is 48.3 Å². The molecule has 0 saturated heterocycles. The molecule has 3 aromatic carbocycles. The van der Waals surface area contributed by atoms with Crippen molar-refractivity contribution < 1.29 is 81.0 Å². The van der Waals surface area contributed by atoms with Crippen molar-refractivity contribution in [2.24, 2.45) is 5.73 Å². The van der Waals surface area contributed by atoms with Crippen LogP contribution in [0.1, 0.15) is 207 Å². The minimum atomic E-state index is -1.02. The summed E-state index contributed by atoms with van der Waals surface area (Å²) in [6, 6.07) is 18.4. The third-order valence-electron chi connectivity index (χ3n) is 17.3. The molecule has 0 aliphatic carbocycles. The summed E-state index contributed by atoms with van der Waals surface area (Å²) in [6.07, 6.45) is 21.8. The van der Waals surface area contributed by atoms with E-state index in [2.05, 4.69) is 95.8 Å². The van der Waals surface area contributed by atoms with Crippen molar-refractivity contribution in [2.45, 2.75) is 214 Å². The number of carboxylic acids is 1. The Labute approximate surface area is 659 Å². The number of aromatic nitrogens is 6. The quantitative estimate of drug-likeness (QED) is 0.0110. The Balaban J connectivity index is 0.000000702. The summed E-state index contributed by atoms with van der Waals surface area (Å²) in [5.74, 6) is 6.95.